The minimum atomic E-state index is -3.87. The molecule has 6 aliphatic rings. The van der Waals surface area contributed by atoms with Gasteiger partial charge in [-0.3, -0.25) is 23.9 Å². The van der Waals surface area contributed by atoms with Crippen LogP contribution in [0.1, 0.15) is 95.5 Å². The fourth-order valence-corrected chi connectivity index (χ4v) is 10.7. The van der Waals surface area contributed by atoms with E-state index in [9.17, 15) is 27.6 Å². The molecule has 3 amide bonds. The molecule has 2 N–H and O–H groups in total. The molecule has 1 aromatic carbocycles. The van der Waals surface area contributed by atoms with Crippen LogP contribution in [0.2, 0.25) is 0 Å². The summed E-state index contributed by atoms with van der Waals surface area (Å²) in [5, 5.41) is 4.00. The van der Waals surface area contributed by atoms with Crippen molar-refractivity contribution < 1.29 is 37.1 Å². The number of hydrogen-bond acceptors (Lipinski definition) is 9. The Bertz CT molecular complexity index is 1970. The summed E-state index contributed by atoms with van der Waals surface area (Å²) in [7, 11) is -3.87. The van der Waals surface area contributed by atoms with E-state index in [1.807, 2.05) is 24.3 Å². The molecule has 0 radical (unpaired) electrons. The molecule has 4 saturated carbocycles. The van der Waals surface area contributed by atoms with Crippen LogP contribution in [0.4, 0.5) is 0 Å². The van der Waals surface area contributed by atoms with Gasteiger partial charge in [-0.15, -0.1) is 6.58 Å². The van der Waals surface area contributed by atoms with Gasteiger partial charge in [0.1, 0.15) is 23.8 Å². The number of carbonyl (C=O) groups excluding carboxylic acids is 4. The molecule has 2 aliphatic heterocycles. The number of esters is 1. The molecule has 13 heteroatoms. The number of hydrogen-bond donors (Lipinski definition) is 2. The van der Waals surface area contributed by atoms with Crippen molar-refractivity contribution in [2.45, 2.75) is 119 Å². The summed E-state index contributed by atoms with van der Waals surface area (Å²) in [6.45, 7) is 3.88. The first kappa shape index (κ1) is 36.7. The van der Waals surface area contributed by atoms with E-state index < -0.39 is 62.6 Å². The van der Waals surface area contributed by atoms with Crippen LogP contribution >= 0.6 is 0 Å². The van der Waals surface area contributed by atoms with Gasteiger partial charge in [-0.05, 0) is 92.7 Å². The highest BCUT2D eigenvalue weighted by molar-refractivity contribution is 7.91. The van der Waals surface area contributed by atoms with Gasteiger partial charge in [0.2, 0.25) is 27.7 Å². The SMILES string of the molecule is C=C[C@@H]1C[C@]1(NC(=O)[C@@H]1C[C@@H]2CN1C(=O)[C@H](C1CCCCC1)CC(=O)O[C@@H]1CCC[C@H]1C/C=C/c1ccc3ccnc(c3c1)O2)C(=O)NS(=O)(=O)C1CC1. The van der Waals surface area contributed by atoms with Crippen molar-refractivity contribution in [3.8, 4) is 5.88 Å². The van der Waals surface area contributed by atoms with E-state index in [0.29, 0.717) is 18.7 Å². The molecule has 2 aromatic rings. The summed E-state index contributed by atoms with van der Waals surface area (Å²) in [5.74, 6) is -2.73. The highest BCUT2D eigenvalue weighted by Gasteiger charge is 2.62. The third-order valence-electron chi connectivity index (χ3n) is 12.7. The highest BCUT2D eigenvalue weighted by Crippen LogP contribution is 2.46. The number of rotatable bonds is 7. The van der Waals surface area contributed by atoms with Crippen molar-refractivity contribution in [2.75, 3.05) is 6.54 Å². The maximum Gasteiger partial charge on any atom is 0.306 e. The molecule has 54 heavy (non-hydrogen) atoms. The van der Waals surface area contributed by atoms with E-state index in [2.05, 4.69) is 33.8 Å². The molecule has 4 bridgehead atoms. The van der Waals surface area contributed by atoms with Gasteiger partial charge in [-0.2, -0.15) is 0 Å². The van der Waals surface area contributed by atoms with Gasteiger partial charge in [-0.1, -0.05) is 49.6 Å². The number of benzene rings is 1. The maximum absolute atomic E-state index is 14.9. The lowest BCUT2D eigenvalue weighted by atomic mass is 9.77. The summed E-state index contributed by atoms with van der Waals surface area (Å²) in [5.41, 5.74) is -0.538. The van der Waals surface area contributed by atoms with Crippen molar-refractivity contribution in [3.05, 3.63) is 54.8 Å². The second-order valence-electron chi connectivity index (χ2n) is 16.3. The molecule has 8 rings (SSSR count). The predicted molar refractivity (Wildman–Crippen MR) is 201 cm³/mol. The number of sulfonamides is 1. The average Bonchev–Trinajstić information content (AvgIpc) is 4.06. The van der Waals surface area contributed by atoms with Crippen LogP contribution in [0, 0.1) is 23.7 Å². The molecule has 0 unspecified atom stereocenters. The number of nitrogens with zero attached hydrogens (tertiary/aromatic N) is 2. The van der Waals surface area contributed by atoms with Gasteiger partial charge < -0.3 is 19.7 Å². The van der Waals surface area contributed by atoms with Crippen LogP contribution in [0.5, 0.6) is 5.88 Å². The number of amides is 3. The van der Waals surface area contributed by atoms with Crippen LogP contribution in [-0.4, -0.2) is 77.6 Å². The largest absolute Gasteiger partial charge is 0.472 e. The van der Waals surface area contributed by atoms with Gasteiger partial charge in [0.05, 0.1) is 24.1 Å². The minimum absolute atomic E-state index is 0.0492. The summed E-state index contributed by atoms with van der Waals surface area (Å²) >= 11 is 0. The number of fused-ring (bicyclic) bond motifs is 4. The second kappa shape index (κ2) is 14.8. The Morgan fingerprint density at radius 3 is 2.54 bits per heavy atom. The molecule has 1 saturated heterocycles. The molecule has 1 aromatic heterocycles. The predicted octanol–water partition coefficient (Wildman–Crippen LogP) is 4.97. The van der Waals surface area contributed by atoms with Gasteiger partial charge in [0, 0.05) is 23.9 Å². The third-order valence-corrected chi connectivity index (χ3v) is 14.5. The molecule has 0 spiro atoms. The van der Waals surface area contributed by atoms with Crippen LogP contribution < -0.4 is 14.8 Å². The highest BCUT2D eigenvalue weighted by atomic mass is 32.2. The first-order chi connectivity index (χ1) is 26.0. The smallest absolute Gasteiger partial charge is 0.306 e. The molecule has 12 nitrogen and oxygen atoms in total. The summed E-state index contributed by atoms with van der Waals surface area (Å²) in [4.78, 5) is 62.8. The van der Waals surface area contributed by atoms with Crippen molar-refractivity contribution in [1.82, 2.24) is 19.9 Å². The number of ether oxygens (including phenoxy) is 2. The van der Waals surface area contributed by atoms with Gasteiger partial charge >= 0.3 is 5.97 Å². The molecule has 4 aliphatic carbocycles. The molecule has 7 atom stereocenters. The Balaban J connectivity index is 1.13. The number of nitrogens with one attached hydrogen (secondary N) is 2. The maximum atomic E-state index is 14.9. The van der Waals surface area contributed by atoms with E-state index in [4.69, 9.17) is 9.47 Å². The van der Waals surface area contributed by atoms with Gasteiger partial charge in [-0.25, -0.2) is 13.4 Å². The van der Waals surface area contributed by atoms with E-state index in [-0.39, 0.29) is 49.7 Å². The zero-order valence-electron chi connectivity index (χ0n) is 30.6. The lowest BCUT2D eigenvalue weighted by Crippen LogP contribution is -2.57. The zero-order valence-corrected chi connectivity index (χ0v) is 31.4. The first-order valence-electron chi connectivity index (χ1n) is 19.8. The van der Waals surface area contributed by atoms with Gasteiger partial charge in [0.25, 0.3) is 5.91 Å². The van der Waals surface area contributed by atoms with E-state index in [1.165, 1.54) is 4.90 Å². The Hall–Kier alpha value is -4.26. The number of carbonyl (C=O) groups is 4. The quantitative estimate of drug-likeness (QED) is 0.294. The molecular formula is C41H50N4O8S. The van der Waals surface area contributed by atoms with Gasteiger partial charge in [0.15, 0.2) is 0 Å². The Morgan fingerprint density at radius 1 is 0.981 bits per heavy atom. The van der Waals surface area contributed by atoms with Crippen LogP contribution in [0.3, 0.4) is 0 Å². The summed E-state index contributed by atoms with van der Waals surface area (Å²) in [6.07, 6.45) is 15.8. The van der Waals surface area contributed by atoms with Crippen LogP contribution in [0.25, 0.3) is 16.8 Å². The van der Waals surface area contributed by atoms with Crippen molar-refractivity contribution in [2.24, 2.45) is 23.7 Å². The lowest BCUT2D eigenvalue weighted by molar-refractivity contribution is -0.157. The second-order valence-corrected chi connectivity index (χ2v) is 18.3. The molecular weight excluding hydrogens is 709 g/mol. The monoisotopic (exact) mass is 758 g/mol. The third kappa shape index (κ3) is 7.40. The Labute approximate surface area is 316 Å². The van der Waals surface area contributed by atoms with Crippen LogP contribution in [0.15, 0.2) is 49.2 Å². The minimum Gasteiger partial charge on any atom is -0.472 e. The molecule has 5 fully saturated rings. The molecule has 3 heterocycles. The van der Waals surface area contributed by atoms with Crippen LogP contribution in [-0.2, 0) is 33.9 Å². The lowest BCUT2D eigenvalue weighted by Gasteiger charge is -2.34. The Kier molecular flexibility index (Phi) is 10.0. The first-order valence-corrected chi connectivity index (χ1v) is 21.3. The fourth-order valence-electron chi connectivity index (χ4n) is 9.32. The van der Waals surface area contributed by atoms with E-state index in [1.54, 1.807) is 12.3 Å². The zero-order chi connectivity index (χ0) is 37.6. The standard InChI is InChI=1S/C41H50N4O8S/c1-2-29-23-41(29,40(49)44-54(50,51)31-16-17-31)43-37(47)34-21-30-24-45(34)39(48)33(26-9-4-3-5-10-26)22-36(46)53-35-13-7-12-28(35)11-6-8-25-14-15-27-18-19-42-38(52-30)32(27)20-25/h2,6,8,14-15,18-20,26,28-31,33-35H,1,3-5,7,9-13,16-17,21-24H2,(H,43,47)(H,44,49)/b8-6+/t28-,29-,30-,33+,34+,35-,41-/m1/s1. The van der Waals surface area contributed by atoms with E-state index >= 15 is 0 Å². The Morgan fingerprint density at radius 2 is 1.78 bits per heavy atom. The van der Waals surface area contributed by atoms with Crippen molar-refractivity contribution in [1.29, 1.82) is 0 Å². The number of allylic oxidation sites excluding steroid dienone is 1. The average molecular weight is 759 g/mol. The van der Waals surface area contributed by atoms with E-state index in [0.717, 1.165) is 74.1 Å². The summed E-state index contributed by atoms with van der Waals surface area (Å²) < 4.78 is 40.4. The normalized spacial score (nSPS) is 32.5. The summed E-state index contributed by atoms with van der Waals surface area (Å²) in [6, 6.07) is 6.93. The van der Waals surface area contributed by atoms with Crippen molar-refractivity contribution >= 4 is 50.6 Å². The fraction of sp³-hybridized carbons (Fsp3) is 0.585. The number of aromatic nitrogens is 1. The topological polar surface area (TPSA) is 161 Å². The number of pyridine rings is 1. The van der Waals surface area contributed by atoms with Crippen molar-refractivity contribution in [3.63, 3.8) is 0 Å². The molecule has 288 valence electrons.